The number of carbonyl (C=O) groups is 1. The first-order valence-electron chi connectivity index (χ1n) is 6.32. The molecule has 2 aromatic rings. The highest BCUT2D eigenvalue weighted by Crippen LogP contribution is 2.21. The summed E-state index contributed by atoms with van der Waals surface area (Å²) in [7, 11) is 0. The first kappa shape index (κ1) is 13.9. The third kappa shape index (κ3) is 3.47. The molecule has 1 unspecified atom stereocenters. The van der Waals surface area contributed by atoms with E-state index >= 15 is 0 Å². The number of hydrogen-bond donors (Lipinski definition) is 1. The van der Waals surface area contributed by atoms with Crippen LogP contribution < -0.4 is 5.32 Å². The third-order valence-corrected chi connectivity index (χ3v) is 3.68. The number of thioether (sulfide) groups is 1. The molecule has 2 heterocycles. The Morgan fingerprint density at radius 2 is 2.16 bits per heavy atom. The second kappa shape index (κ2) is 6.06. The predicted molar refractivity (Wildman–Crippen MR) is 76.2 cm³/mol. The molecule has 0 spiro atoms. The first-order valence-corrected chi connectivity index (χ1v) is 7.20. The topological polar surface area (TPSA) is 59.3 Å². The van der Waals surface area contributed by atoms with E-state index in [0.29, 0.717) is 12.5 Å². The molecule has 0 saturated heterocycles. The van der Waals surface area contributed by atoms with Crippen molar-refractivity contribution in [2.45, 2.75) is 31.2 Å². The van der Waals surface area contributed by atoms with Crippen molar-refractivity contribution in [2.75, 3.05) is 6.54 Å². The van der Waals surface area contributed by atoms with Crippen LogP contribution in [0, 0.1) is 5.92 Å². The van der Waals surface area contributed by atoms with Gasteiger partial charge in [0.15, 0.2) is 10.8 Å². The molecular formula is C13H18N4OS. The lowest BCUT2D eigenvalue weighted by Crippen LogP contribution is -2.33. The second-order valence-corrected chi connectivity index (χ2v) is 6.12. The van der Waals surface area contributed by atoms with Gasteiger partial charge in [0.2, 0.25) is 5.91 Å². The van der Waals surface area contributed by atoms with Gasteiger partial charge < -0.3 is 5.32 Å². The summed E-state index contributed by atoms with van der Waals surface area (Å²) in [4.78, 5) is 11.9. The van der Waals surface area contributed by atoms with Gasteiger partial charge in [-0.2, -0.15) is 0 Å². The van der Waals surface area contributed by atoms with Gasteiger partial charge in [0.25, 0.3) is 0 Å². The minimum Gasteiger partial charge on any atom is -0.355 e. The molecule has 0 saturated carbocycles. The van der Waals surface area contributed by atoms with Gasteiger partial charge in [-0.3, -0.25) is 9.20 Å². The predicted octanol–water partition coefficient (Wildman–Crippen LogP) is 1.98. The van der Waals surface area contributed by atoms with E-state index in [9.17, 15) is 4.79 Å². The van der Waals surface area contributed by atoms with Crippen LogP contribution in [0.1, 0.15) is 20.8 Å². The molecular weight excluding hydrogens is 260 g/mol. The minimum atomic E-state index is -0.189. The Hall–Kier alpha value is -1.56. The van der Waals surface area contributed by atoms with Gasteiger partial charge in [0.1, 0.15) is 0 Å². The lowest BCUT2D eigenvalue weighted by atomic mass is 10.2. The number of carbonyl (C=O) groups excluding carboxylic acids is 1. The highest BCUT2D eigenvalue weighted by Gasteiger charge is 2.17. The molecule has 0 aliphatic rings. The van der Waals surface area contributed by atoms with Gasteiger partial charge in [-0.15, -0.1) is 10.2 Å². The number of hydrogen-bond acceptors (Lipinski definition) is 4. The van der Waals surface area contributed by atoms with Crippen molar-refractivity contribution in [3.8, 4) is 0 Å². The highest BCUT2D eigenvalue weighted by molar-refractivity contribution is 8.00. The molecule has 6 heteroatoms. The number of amides is 1. The molecule has 102 valence electrons. The van der Waals surface area contributed by atoms with Gasteiger partial charge in [-0.05, 0) is 25.0 Å². The number of fused-ring (bicyclic) bond motifs is 1. The van der Waals surface area contributed by atoms with Crippen molar-refractivity contribution in [3.63, 3.8) is 0 Å². The molecule has 0 aliphatic heterocycles. The fourth-order valence-corrected chi connectivity index (χ4v) is 2.42. The van der Waals surface area contributed by atoms with Gasteiger partial charge >= 0.3 is 0 Å². The summed E-state index contributed by atoms with van der Waals surface area (Å²) in [5.41, 5.74) is 0.791. The van der Waals surface area contributed by atoms with E-state index in [4.69, 9.17) is 0 Å². The van der Waals surface area contributed by atoms with E-state index in [0.717, 1.165) is 10.8 Å². The molecule has 1 amide bonds. The zero-order valence-electron chi connectivity index (χ0n) is 11.3. The molecule has 5 nitrogen and oxygen atoms in total. The average molecular weight is 278 g/mol. The van der Waals surface area contributed by atoms with Crippen LogP contribution in [0.3, 0.4) is 0 Å². The fraction of sp³-hybridized carbons (Fsp3) is 0.462. The van der Waals surface area contributed by atoms with Crippen LogP contribution >= 0.6 is 11.8 Å². The molecule has 0 aliphatic carbocycles. The quantitative estimate of drug-likeness (QED) is 0.850. The molecule has 2 aromatic heterocycles. The maximum Gasteiger partial charge on any atom is 0.233 e. The Bertz CT molecular complexity index is 567. The van der Waals surface area contributed by atoms with Crippen LogP contribution in [0.25, 0.3) is 5.65 Å². The number of nitrogens with one attached hydrogen (secondary N) is 1. The normalized spacial score (nSPS) is 12.8. The number of aromatic nitrogens is 3. The lowest BCUT2D eigenvalue weighted by molar-refractivity contribution is -0.120. The zero-order chi connectivity index (χ0) is 13.8. The monoisotopic (exact) mass is 278 g/mol. The average Bonchev–Trinajstić information content (AvgIpc) is 2.79. The van der Waals surface area contributed by atoms with Crippen LogP contribution in [0.5, 0.6) is 0 Å². The van der Waals surface area contributed by atoms with Gasteiger partial charge in [-0.25, -0.2) is 0 Å². The van der Waals surface area contributed by atoms with Crippen molar-refractivity contribution < 1.29 is 4.79 Å². The third-order valence-electron chi connectivity index (χ3n) is 2.62. The van der Waals surface area contributed by atoms with E-state index < -0.39 is 0 Å². The van der Waals surface area contributed by atoms with Crippen molar-refractivity contribution in [2.24, 2.45) is 5.92 Å². The van der Waals surface area contributed by atoms with Gasteiger partial charge in [0.05, 0.1) is 5.25 Å². The molecule has 0 aromatic carbocycles. The summed E-state index contributed by atoms with van der Waals surface area (Å²) in [5, 5.41) is 11.6. The zero-order valence-corrected chi connectivity index (χ0v) is 12.1. The first-order chi connectivity index (χ1) is 9.08. The Balaban J connectivity index is 2.02. The smallest absolute Gasteiger partial charge is 0.233 e. The summed E-state index contributed by atoms with van der Waals surface area (Å²) in [6, 6.07) is 5.72. The summed E-state index contributed by atoms with van der Waals surface area (Å²) in [6.07, 6.45) is 1.90. The van der Waals surface area contributed by atoms with Crippen LogP contribution in [0.4, 0.5) is 0 Å². The summed E-state index contributed by atoms with van der Waals surface area (Å²) in [6.45, 7) is 6.73. The van der Waals surface area contributed by atoms with E-state index in [1.165, 1.54) is 11.8 Å². The molecule has 1 N–H and O–H groups in total. The molecule has 19 heavy (non-hydrogen) atoms. The molecule has 0 radical (unpaired) electrons. The Kier molecular flexibility index (Phi) is 4.42. The van der Waals surface area contributed by atoms with E-state index in [2.05, 4.69) is 29.4 Å². The minimum absolute atomic E-state index is 0.0337. The van der Waals surface area contributed by atoms with Crippen LogP contribution in [0.15, 0.2) is 29.6 Å². The Morgan fingerprint density at radius 1 is 1.37 bits per heavy atom. The highest BCUT2D eigenvalue weighted by atomic mass is 32.2. The second-order valence-electron chi connectivity index (χ2n) is 4.81. The van der Waals surface area contributed by atoms with Crippen molar-refractivity contribution >= 4 is 23.3 Å². The van der Waals surface area contributed by atoms with Crippen molar-refractivity contribution in [3.05, 3.63) is 24.4 Å². The number of pyridine rings is 1. The van der Waals surface area contributed by atoms with Gasteiger partial charge in [-0.1, -0.05) is 31.7 Å². The van der Waals surface area contributed by atoms with Crippen LogP contribution in [-0.2, 0) is 4.79 Å². The summed E-state index contributed by atoms with van der Waals surface area (Å²) >= 11 is 1.42. The number of rotatable bonds is 5. The maximum absolute atomic E-state index is 11.9. The molecule has 0 bridgehead atoms. The summed E-state index contributed by atoms with van der Waals surface area (Å²) < 4.78 is 1.89. The molecule has 0 fully saturated rings. The number of nitrogens with zero attached hydrogens (tertiary/aromatic N) is 3. The van der Waals surface area contributed by atoms with Crippen LogP contribution in [-0.4, -0.2) is 32.3 Å². The SMILES string of the molecule is CC(C)CNC(=O)C(C)Sc1nnc2ccccn12. The molecule has 2 rings (SSSR count). The van der Waals surface area contributed by atoms with Gasteiger partial charge in [0, 0.05) is 12.7 Å². The lowest BCUT2D eigenvalue weighted by Gasteiger charge is -2.12. The standard InChI is InChI=1S/C13H18N4OS/c1-9(2)8-14-12(18)10(3)19-13-16-15-11-6-4-5-7-17(11)13/h4-7,9-10H,8H2,1-3H3,(H,14,18). The fourth-order valence-electron chi connectivity index (χ4n) is 1.56. The van der Waals surface area contributed by atoms with Crippen molar-refractivity contribution in [1.29, 1.82) is 0 Å². The Morgan fingerprint density at radius 3 is 2.89 bits per heavy atom. The summed E-state index contributed by atoms with van der Waals surface area (Å²) in [5.74, 6) is 0.487. The van der Waals surface area contributed by atoms with E-state index in [-0.39, 0.29) is 11.2 Å². The van der Waals surface area contributed by atoms with E-state index in [1.54, 1.807) is 0 Å². The largest absolute Gasteiger partial charge is 0.355 e. The Labute approximate surface area is 116 Å². The molecule has 1 atom stereocenters. The van der Waals surface area contributed by atoms with Crippen LogP contribution in [0.2, 0.25) is 0 Å². The van der Waals surface area contributed by atoms with Crippen molar-refractivity contribution in [1.82, 2.24) is 19.9 Å². The van der Waals surface area contributed by atoms with E-state index in [1.807, 2.05) is 35.7 Å². The maximum atomic E-state index is 11.9.